The molecule has 1 N–H and O–H groups in total. The molecule has 0 aliphatic carbocycles. The van der Waals surface area contributed by atoms with Gasteiger partial charge in [0.25, 0.3) is 0 Å². The summed E-state index contributed by atoms with van der Waals surface area (Å²) in [5.74, 6) is -0.925. The van der Waals surface area contributed by atoms with Crippen molar-refractivity contribution < 1.29 is 9.90 Å². The van der Waals surface area contributed by atoms with Crippen LogP contribution in [-0.2, 0) is 0 Å². The summed E-state index contributed by atoms with van der Waals surface area (Å²) in [6, 6.07) is 15.0. The summed E-state index contributed by atoms with van der Waals surface area (Å²) in [4.78, 5) is 15.6. The number of hydrogen-bond donors (Lipinski definition) is 1. The van der Waals surface area contributed by atoms with Gasteiger partial charge in [0.2, 0.25) is 0 Å². The lowest BCUT2D eigenvalue weighted by molar-refractivity contribution is 0.0697. The summed E-state index contributed by atoms with van der Waals surface area (Å²) < 4.78 is 0. The van der Waals surface area contributed by atoms with Gasteiger partial charge in [0.1, 0.15) is 5.01 Å². The minimum absolute atomic E-state index is 0.276. The second-order valence-corrected chi connectivity index (χ2v) is 5.65. The highest BCUT2D eigenvalue weighted by Crippen LogP contribution is 2.29. The zero-order valence-electron chi connectivity index (χ0n) is 11.4. The number of benzene rings is 2. The number of carboxylic acids is 1. The molecule has 0 amide bonds. The third-order valence-corrected chi connectivity index (χ3v) is 4.07. The van der Waals surface area contributed by atoms with Crippen LogP contribution >= 0.6 is 11.3 Å². The lowest BCUT2D eigenvalue weighted by Crippen LogP contribution is -1.95. The Morgan fingerprint density at radius 1 is 1.10 bits per heavy atom. The Labute approximate surface area is 126 Å². The molecule has 0 bridgehead atoms. The van der Waals surface area contributed by atoms with Gasteiger partial charge >= 0.3 is 5.97 Å². The van der Waals surface area contributed by atoms with Gasteiger partial charge in [-0.1, -0.05) is 35.9 Å². The molecule has 1 heterocycles. The van der Waals surface area contributed by atoms with E-state index < -0.39 is 5.97 Å². The van der Waals surface area contributed by atoms with Crippen LogP contribution in [0.2, 0.25) is 0 Å². The zero-order chi connectivity index (χ0) is 14.8. The SMILES string of the molecule is Cc1cccc(-c2nc(-c3cccc(C(=O)O)c3)cs2)c1. The molecule has 3 rings (SSSR count). The van der Waals surface area contributed by atoms with Gasteiger partial charge in [-0.3, -0.25) is 0 Å². The van der Waals surface area contributed by atoms with Gasteiger partial charge in [-0.05, 0) is 25.1 Å². The molecular formula is C17H13NO2S. The highest BCUT2D eigenvalue weighted by Gasteiger charge is 2.09. The monoisotopic (exact) mass is 295 g/mol. The molecule has 2 aromatic carbocycles. The molecule has 0 aliphatic heterocycles. The summed E-state index contributed by atoms with van der Waals surface area (Å²) in [5.41, 5.74) is 4.18. The largest absolute Gasteiger partial charge is 0.478 e. The first-order chi connectivity index (χ1) is 10.1. The smallest absolute Gasteiger partial charge is 0.335 e. The first kappa shape index (κ1) is 13.5. The Bertz CT molecular complexity index is 808. The van der Waals surface area contributed by atoms with Crippen LogP contribution in [-0.4, -0.2) is 16.1 Å². The van der Waals surface area contributed by atoms with Gasteiger partial charge in [0, 0.05) is 16.5 Å². The minimum Gasteiger partial charge on any atom is -0.478 e. The van der Waals surface area contributed by atoms with E-state index in [2.05, 4.69) is 11.1 Å². The van der Waals surface area contributed by atoms with Gasteiger partial charge in [-0.25, -0.2) is 9.78 Å². The normalized spacial score (nSPS) is 10.5. The predicted molar refractivity (Wildman–Crippen MR) is 84.7 cm³/mol. The molecule has 0 radical (unpaired) electrons. The molecule has 0 aliphatic rings. The van der Waals surface area contributed by atoms with E-state index in [1.54, 1.807) is 29.5 Å². The molecule has 1 aromatic heterocycles. The van der Waals surface area contributed by atoms with E-state index in [-0.39, 0.29) is 5.56 Å². The lowest BCUT2D eigenvalue weighted by Gasteiger charge is -2.00. The van der Waals surface area contributed by atoms with Crippen molar-refractivity contribution in [1.82, 2.24) is 4.98 Å². The molecule has 0 fully saturated rings. The Hall–Kier alpha value is -2.46. The van der Waals surface area contributed by atoms with Gasteiger partial charge in [-0.15, -0.1) is 11.3 Å². The molecule has 21 heavy (non-hydrogen) atoms. The molecule has 0 saturated carbocycles. The fourth-order valence-electron chi connectivity index (χ4n) is 2.13. The Kier molecular flexibility index (Phi) is 3.54. The van der Waals surface area contributed by atoms with Crippen molar-refractivity contribution in [2.24, 2.45) is 0 Å². The highest BCUT2D eigenvalue weighted by molar-refractivity contribution is 7.13. The average Bonchev–Trinajstić information content (AvgIpc) is 2.97. The van der Waals surface area contributed by atoms with Crippen LogP contribution in [0.25, 0.3) is 21.8 Å². The maximum absolute atomic E-state index is 11.0. The van der Waals surface area contributed by atoms with Crippen LogP contribution in [0.3, 0.4) is 0 Å². The van der Waals surface area contributed by atoms with Crippen LogP contribution in [0, 0.1) is 6.92 Å². The van der Waals surface area contributed by atoms with Crippen molar-refractivity contribution in [2.75, 3.05) is 0 Å². The van der Waals surface area contributed by atoms with Crippen molar-refractivity contribution >= 4 is 17.3 Å². The summed E-state index contributed by atoms with van der Waals surface area (Å²) in [6.07, 6.45) is 0. The second-order valence-electron chi connectivity index (χ2n) is 4.79. The van der Waals surface area contributed by atoms with Crippen LogP contribution in [0.15, 0.2) is 53.9 Å². The van der Waals surface area contributed by atoms with Crippen molar-refractivity contribution in [2.45, 2.75) is 6.92 Å². The number of carbonyl (C=O) groups is 1. The molecular weight excluding hydrogens is 282 g/mol. The lowest BCUT2D eigenvalue weighted by atomic mass is 10.1. The Morgan fingerprint density at radius 2 is 1.86 bits per heavy atom. The number of carboxylic acid groups (broad SMARTS) is 1. The summed E-state index contributed by atoms with van der Waals surface area (Å²) in [5, 5.41) is 11.9. The maximum atomic E-state index is 11.0. The van der Waals surface area contributed by atoms with Crippen LogP contribution in [0.1, 0.15) is 15.9 Å². The minimum atomic E-state index is -0.925. The number of rotatable bonds is 3. The molecule has 3 nitrogen and oxygen atoms in total. The summed E-state index contributed by atoms with van der Waals surface area (Å²) >= 11 is 1.56. The molecule has 4 heteroatoms. The van der Waals surface area contributed by atoms with E-state index >= 15 is 0 Å². The topological polar surface area (TPSA) is 50.2 Å². The molecule has 0 spiro atoms. The maximum Gasteiger partial charge on any atom is 0.335 e. The van der Waals surface area contributed by atoms with Crippen molar-refractivity contribution in [3.8, 4) is 21.8 Å². The number of hydrogen-bond acceptors (Lipinski definition) is 3. The fourth-order valence-corrected chi connectivity index (χ4v) is 2.95. The van der Waals surface area contributed by atoms with E-state index in [1.807, 2.05) is 36.6 Å². The van der Waals surface area contributed by atoms with Crippen LogP contribution in [0.4, 0.5) is 0 Å². The molecule has 0 unspecified atom stereocenters. The summed E-state index contributed by atoms with van der Waals surface area (Å²) in [7, 11) is 0. The second kappa shape index (κ2) is 5.50. The van der Waals surface area contributed by atoms with Crippen molar-refractivity contribution in [3.63, 3.8) is 0 Å². The van der Waals surface area contributed by atoms with Gasteiger partial charge in [0.05, 0.1) is 11.3 Å². The zero-order valence-corrected chi connectivity index (χ0v) is 12.2. The van der Waals surface area contributed by atoms with E-state index in [0.29, 0.717) is 0 Å². The van der Waals surface area contributed by atoms with Gasteiger partial charge < -0.3 is 5.11 Å². The van der Waals surface area contributed by atoms with E-state index in [4.69, 9.17) is 5.11 Å². The van der Waals surface area contributed by atoms with Crippen molar-refractivity contribution in [1.29, 1.82) is 0 Å². The molecule has 0 saturated heterocycles. The van der Waals surface area contributed by atoms with E-state index in [1.165, 1.54) is 5.56 Å². The number of thiazole rings is 1. The third kappa shape index (κ3) is 2.85. The van der Waals surface area contributed by atoms with Crippen LogP contribution < -0.4 is 0 Å². The summed E-state index contributed by atoms with van der Waals surface area (Å²) in [6.45, 7) is 2.05. The fraction of sp³-hybridized carbons (Fsp3) is 0.0588. The first-order valence-electron chi connectivity index (χ1n) is 6.50. The highest BCUT2D eigenvalue weighted by atomic mass is 32.1. The number of aromatic nitrogens is 1. The van der Waals surface area contributed by atoms with Gasteiger partial charge in [-0.2, -0.15) is 0 Å². The number of nitrogens with zero attached hydrogens (tertiary/aromatic N) is 1. The van der Waals surface area contributed by atoms with E-state index in [0.717, 1.165) is 21.8 Å². The molecule has 3 aromatic rings. The molecule has 104 valence electrons. The predicted octanol–water partition coefficient (Wildman–Crippen LogP) is 4.48. The Morgan fingerprint density at radius 3 is 2.62 bits per heavy atom. The third-order valence-electron chi connectivity index (χ3n) is 3.17. The Balaban J connectivity index is 1.98. The quantitative estimate of drug-likeness (QED) is 0.775. The van der Waals surface area contributed by atoms with E-state index in [9.17, 15) is 4.79 Å². The van der Waals surface area contributed by atoms with Crippen LogP contribution in [0.5, 0.6) is 0 Å². The van der Waals surface area contributed by atoms with Crippen molar-refractivity contribution in [3.05, 3.63) is 65.0 Å². The average molecular weight is 295 g/mol. The number of aromatic carboxylic acids is 1. The standard InChI is InChI=1S/C17H13NO2S/c1-11-4-2-6-13(8-11)16-18-15(10-21-16)12-5-3-7-14(9-12)17(19)20/h2-10H,1H3,(H,19,20). The molecule has 0 atom stereocenters. The first-order valence-corrected chi connectivity index (χ1v) is 7.38. The number of aryl methyl sites for hydroxylation is 1. The van der Waals surface area contributed by atoms with Gasteiger partial charge in [0.15, 0.2) is 0 Å².